The summed E-state index contributed by atoms with van der Waals surface area (Å²) in [4.78, 5) is 32.5. The second kappa shape index (κ2) is 13.9. The van der Waals surface area contributed by atoms with Crippen molar-refractivity contribution in [3.63, 3.8) is 0 Å². The summed E-state index contributed by atoms with van der Waals surface area (Å²) in [6.45, 7) is 6.75. The van der Waals surface area contributed by atoms with E-state index in [1.54, 1.807) is 0 Å². The maximum Gasteiger partial charge on any atom is 0.322 e. The summed E-state index contributed by atoms with van der Waals surface area (Å²) in [5, 5.41) is 6.71. The van der Waals surface area contributed by atoms with Crippen molar-refractivity contribution in [3.8, 4) is 0 Å². The van der Waals surface area contributed by atoms with Crippen LogP contribution in [-0.4, -0.2) is 21.9 Å². The standard InChI is InChI=1S/C40H52N6O2/c1-3-5-7-9-11-13-29-15-19-35(20-16-29)39-40(36-21-17-30(18-22-36)14-12-10-8-6-4-2)45(37(47)43-39)27-33-23-31-25-41-42-26-32(31)24-34(33)28-46(40)38(48)44-39/h15-24,41-42H,3-14,25-28H2,1-2H3,(H,43,47)(H,44,48). The zero-order valence-electron chi connectivity index (χ0n) is 28.8. The van der Waals surface area contributed by atoms with Crippen LogP contribution < -0.4 is 21.5 Å². The third-order valence-corrected chi connectivity index (χ3v) is 11.1. The van der Waals surface area contributed by atoms with Crippen LogP contribution in [0.5, 0.6) is 0 Å². The zero-order valence-corrected chi connectivity index (χ0v) is 28.8. The summed E-state index contributed by atoms with van der Waals surface area (Å²) in [6, 6.07) is 21.5. The predicted octanol–water partition coefficient (Wildman–Crippen LogP) is 7.59. The van der Waals surface area contributed by atoms with E-state index in [1.807, 2.05) is 9.80 Å². The summed E-state index contributed by atoms with van der Waals surface area (Å²) < 4.78 is 0. The molecule has 4 heterocycles. The van der Waals surface area contributed by atoms with Crippen LogP contribution in [0.3, 0.4) is 0 Å². The van der Waals surface area contributed by atoms with Crippen LogP contribution in [0, 0.1) is 0 Å². The smallest absolute Gasteiger partial charge is 0.307 e. The molecule has 4 aliphatic rings. The van der Waals surface area contributed by atoms with Gasteiger partial charge >= 0.3 is 12.1 Å². The van der Waals surface area contributed by atoms with Gasteiger partial charge in [0.1, 0.15) is 0 Å². The molecule has 0 radical (unpaired) electrons. The molecule has 0 unspecified atom stereocenters. The molecule has 4 amide bonds. The molecule has 0 saturated carbocycles. The van der Waals surface area contributed by atoms with Crippen LogP contribution in [0.1, 0.15) is 123 Å². The average Bonchev–Trinajstić information content (AvgIpc) is 3.40. The van der Waals surface area contributed by atoms with E-state index in [2.05, 4.69) is 96.0 Å². The normalized spacial score (nSPS) is 22.5. The summed E-state index contributed by atoms with van der Waals surface area (Å²) >= 11 is 0. The fourth-order valence-corrected chi connectivity index (χ4v) is 8.51. The molecule has 0 aromatic heterocycles. The van der Waals surface area contributed by atoms with E-state index >= 15 is 0 Å². The van der Waals surface area contributed by atoms with Crippen molar-refractivity contribution < 1.29 is 9.59 Å². The molecule has 0 atom stereocenters. The molecule has 0 aliphatic carbocycles. The Kier molecular flexibility index (Phi) is 9.47. The molecule has 2 fully saturated rings. The lowest BCUT2D eigenvalue weighted by Gasteiger charge is -2.46. The number of carbonyl (C=O) groups excluding carboxylic acids is 2. The molecule has 0 spiro atoms. The van der Waals surface area contributed by atoms with E-state index < -0.39 is 11.3 Å². The molecular formula is C40H52N6O2. The number of benzene rings is 3. The van der Waals surface area contributed by atoms with Gasteiger partial charge in [0.05, 0.1) is 13.1 Å². The number of hydrazine groups is 1. The van der Waals surface area contributed by atoms with Crippen LogP contribution >= 0.6 is 0 Å². The fourth-order valence-electron chi connectivity index (χ4n) is 8.51. The van der Waals surface area contributed by atoms with E-state index in [1.165, 1.54) is 86.5 Å². The number of carbonyl (C=O) groups is 2. The number of nitrogens with one attached hydrogen (secondary N) is 4. The van der Waals surface area contributed by atoms with Gasteiger partial charge in [-0.25, -0.2) is 9.59 Å². The first-order valence-corrected chi connectivity index (χ1v) is 18.5. The molecule has 4 aliphatic heterocycles. The number of hydrogen-bond donors (Lipinski definition) is 4. The van der Waals surface area contributed by atoms with Gasteiger partial charge < -0.3 is 10.6 Å². The van der Waals surface area contributed by atoms with Crippen molar-refractivity contribution in [1.29, 1.82) is 0 Å². The van der Waals surface area contributed by atoms with Gasteiger partial charge in [-0.3, -0.25) is 20.7 Å². The van der Waals surface area contributed by atoms with Gasteiger partial charge in [0.2, 0.25) is 0 Å². The van der Waals surface area contributed by atoms with Crippen molar-refractivity contribution in [2.75, 3.05) is 0 Å². The maximum atomic E-state index is 14.3. The number of hydrogen-bond acceptors (Lipinski definition) is 4. The molecule has 3 aromatic carbocycles. The average molecular weight is 649 g/mol. The van der Waals surface area contributed by atoms with Crippen LogP contribution in [0.2, 0.25) is 0 Å². The van der Waals surface area contributed by atoms with E-state index in [0.717, 1.165) is 48.2 Å². The highest BCUT2D eigenvalue weighted by atomic mass is 16.2. The number of fused-ring (bicyclic) bond motifs is 2. The third kappa shape index (κ3) is 5.67. The molecule has 4 N–H and O–H groups in total. The first-order valence-electron chi connectivity index (χ1n) is 18.5. The first kappa shape index (κ1) is 32.7. The van der Waals surface area contributed by atoms with Crippen molar-refractivity contribution in [1.82, 2.24) is 31.3 Å². The molecule has 254 valence electrons. The van der Waals surface area contributed by atoms with E-state index in [9.17, 15) is 9.59 Å². The van der Waals surface area contributed by atoms with Gasteiger partial charge in [-0.2, -0.15) is 0 Å². The summed E-state index contributed by atoms with van der Waals surface area (Å²) in [7, 11) is 0. The number of unbranched alkanes of at least 4 members (excludes halogenated alkanes) is 8. The number of nitrogens with zero attached hydrogens (tertiary/aromatic N) is 2. The highest BCUT2D eigenvalue weighted by Gasteiger charge is 2.74. The monoisotopic (exact) mass is 648 g/mol. The lowest BCUT2D eigenvalue weighted by molar-refractivity contribution is -0.0153. The molecule has 2 saturated heterocycles. The second-order valence-corrected chi connectivity index (χ2v) is 14.3. The Morgan fingerprint density at radius 2 is 1.00 bits per heavy atom. The number of amides is 4. The number of urea groups is 2. The Morgan fingerprint density at radius 3 is 1.46 bits per heavy atom. The van der Waals surface area contributed by atoms with Crippen LogP contribution in [0.25, 0.3) is 0 Å². The summed E-state index contributed by atoms with van der Waals surface area (Å²) in [5.41, 5.74) is 13.3. The number of aryl methyl sites for hydroxylation is 2. The Balaban J connectivity index is 1.28. The number of rotatable bonds is 14. The zero-order chi connectivity index (χ0) is 33.1. The minimum Gasteiger partial charge on any atom is -0.307 e. The Hall–Kier alpha value is -3.88. The second-order valence-electron chi connectivity index (χ2n) is 14.3. The van der Waals surface area contributed by atoms with E-state index in [0.29, 0.717) is 13.1 Å². The fraction of sp³-hybridized carbons (Fsp3) is 0.500. The maximum absolute atomic E-state index is 14.3. The van der Waals surface area contributed by atoms with Gasteiger partial charge in [-0.05, 0) is 59.1 Å². The molecule has 8 nitrogen and oxygen atoms in total. The molecule has 3 aromatic rings. The van der Waals surface area contributed by atoms with Crippen LogP contribution in [0.15, 0.2) is 60.7 Å². The van der Waals surface area contributed by atoms with Gasteiger partial charge in [-0.1, -0.05) is 126 Å². The lowest BCUT2D eigenvalue weighted by atomic mass is 9.80. The molecular weight excluding hydrogens is 596 g/mol. The van der Waals surface area contributed by atoms with Crippen LogP contribution in [-0.2, 0) is 50.3 Å². The topological polar surface area (TPSA) is 88.7 Å². The molecule has 0 bridgehead atoms. The molecule has 7 rings (SSSR count). The Morgan fingerprint density at radius 1 is 0.562 bits per heavy atom. The highest BCUT2D eigenvalue weighted by molar-refractivity contribution is 5.90. The van der Waals surface area contributed by atoms with Crippen LogP contribution in [0.4, 0.5) is 9.59 Å². The van der Waals surface area contributed by atoms with Gasteiger partial charge in [0.25, 0.3) is 0 Å². The summed E-state index contributed by atoms with van der Waals surface area (Å²) in [6.07, 6.45) is 14.5. The van der Waals surface area contributed by atoms with Crippen molar-refractivity contribution in [2.24, 2.45) is 0 Å². The van der Waals surface area contributed by atoms with Crippen molar-refractivity contribution >= 4 is 12.1 Å². The predicted molar refractivity (Wildman–Crippen MR) is 189 cm³/mol. The quantitative estimate of drug-likeness (QED) is 0.136. The SMILES string of the molecule is CCCCCCCc1ccc(C23NC(=O)N4Cc5cc6c(cc5CN(C(=O)N2)C43c2ccc(CCCCCCC)cc2)CNNC6)cc1. The molecule has 8 heteroatoms. The van der Waals surface area contributed by atoms with E-state index in [4.69, 9.17) is 0 Å². The summed E-state index contributed by atoms with van der Waals surface area (Å²) in [5.74, 6) is 0. The third-order valence-electron chi connectivity index (χ3n) is 11.1. The largest absolute Gasteiger partial charge is 0.322 e. The Labute approximate surface area is 286 Å². The van der Waals surface area contributed by atoms with E-state index in [-0.39, 0.29) is 12.1 Å². The van der Waals surface area contributed by atoms with Crippen molar-refractivity contribution in [3.05, 3.63) is 105 Å². The first-order chi connectivity index (χ1) is 23.5. The minimum atomic E-state index is -1.16. The van der Waals surface area contributed by atoms with Gasteiger partial charge in [0, 0.05) is 24.2 Å². The highest BCUT2D eigenvalue weighted by Crippen LogP contribution is 2.56. The lowest BCUT2D eigenvalue weighted by Crippen LogP contribution is -2.61. The van der Waals surface area contributed by atoms with Gasteiger partial charge in [0.15, 0.2) is 11.3 Å². The van der Waals surface area contributed by atoms with Crippen molar-refractivity contribution in [2.45, 2.75) is 128 Å². The van der Waals surface area contributed by atoms with Gasteiger partial charge in [-0.15, -0.1) is 0 Å². The minimum absolute atomic E-state index is 0.176. The Bertz CT molecular complexity index is 1560. The molecule has 48 heavy (non-hydrogen) atoms.